The summed E-state index contributed by atoms with van der Waals surface area (Å²) in [7, 11) is 0. The zero-order valence-corrected chi connectivity index (χ0v) is 11.6. The van der Waals surface area contributed by atoms with Crippen LogP contribution in [-0.2, 0) is 0 Å². The molecule has 1 atom stereocenters. The van der Waals surface area contributed by atoms with Crippen molar-refractivity contribution in [1.82, 2.24) is 10.1 Å². The standard InChI is InChI=1S/C9H7ClN2O.C4H11N/c1-6-11-9(12-13-6)7-3-2-4-8(10)5-7;1-3-4(2)5/h2-5H,1H3;4H,3,5H2,1-2H3. The van der Waals surface area contributed by atoms with E-state index in [-0.39, 0.29) is 0 Å². The maximum Gasteiger partial charge on any atom is 0.223 e. The Morgan fingerprint density at radius 3 is 2.56 bits per heavy atom. The fourth-order valence-electron chi connectivity index (χ4n) is 1.04. The van der Waals surface area contributed by atoms with Crippen LogP contribution < -0.4 is 5.73 Å². The third kappa shape index (κ3) is 4.85. The van der Waals surface area contributed by atoms with Crippen molar-refractivity contribution >= 4 is 11.6 Å². The maximum absolute atomic E-state index is 5.82. The van der Waals surface area contributed by atoms with E-state index in [0.717, 1.165) is 12.0 Å². The molecule has 0 spiro atoms. The van der Waals surface area contributed by atoms with Crippen molar-refractivity contribution in [2.24, 2.45) is 5.73 Å². The van der Waals surface area contributed by atoms with Gasteiger partial charge in [0.25, 0.3) is 0 Å². The smallest absolute Gasteiger partial charge is 0.223 e. The zero-order valence-electron chi connectivity index (χ0n) is 10.9. The Hall–Kier alpha value is -1.39. The lowest BCUT2D eigenvalue weighted by molar-refractivity contribution is 0.394. The molecule has 0 fully saturated rings. The molecular formula is C13H18ClN3O. The summed E-state index contributed by atoms with van der Waals surface area (Å²) in [5.74, 6) is 1.12. The third-order valence-corrected chi connectivity index (χ3v) is 2.49. The van der Waals surface area contributed by atoms with E-state index in [9.17, 15) is 0 Å². The normalized spacial score (nSPS) is 11.6. The van der Waals surface area contributed by atoms with Gasteiger partial charge in [0.1, 0.15) is 0 Å². The molecule has 2 aromatic rings. The predicted molar refractivity (Wildman–Crippen MR) is 73.4 cm³/mol. The van der Waals surface area contributed by atoms with E-state index in [4.69, 9.17) is 21.9 Å². The van der Waals surface area contributed by atoms with Gasteiger partial charge in [0.15, 0.2) is 0 Å². The highest BCUT2D eigenvalue weighted by Crippen LogP contribution is 2.19. The summed E-state index contributed by atoms with van der Waals surface area (Å²) < 4.78 is 4.85. The van der Waals surface area contributed by atoms with E-state index >= 15 is 0 Å². The zero-order chi connectivity index (χ0) is 13.5. The largest absolute Gasteiger partial charge is 0.339 e. The number of aromatic nitrogens is 2. The van der Waals surface area contributed by atoms with Crippen molar-refractivity contribution < 1.29 is 4.52 Å². The van der Waals surface area contributed by atoms with Crippen molar-refractivity contribution in [2.75, 3.05) is 0 Å². The molecule has 0 amide bonds. The minimum absolute atomic E-state index is 0.384. The van der Waals surface area contributed by atoms with Crippen molar-refractivity contribution in [3.05, 3.63) is 35.2 Å². The van der Waals surface area contributed by atoms with Gasteiger partial charge in [-0.3, -0.25) is 0 Å². The second-order valence-electron chi connectivity index (χ2n) is 4.03. The molecule has 1 heterocycles. The predicted octanol–water partition coefficient (Wildman–Crippen LogP) is 3.44. The van der Waals surface area contributed by atoms with Gasteiger partial charge in [0.05, 0.1) is 0 Å². The third-order valence-electron chi connectivity index (χ3n) is 2.25. The fraction of sp³-hybridized carbons (Fsp3) is 0.385. The first-order valence-electron chi connectivity index (χ1n) is 5.84. The minimum atomic E-state index is 0.384. The molecule has 2 rings (SSSR count). The van der Waals surface area contributed by atoms with E-state index in [2.05, 4.69) is 17.1 Å². The van der Waals surface area contributed by atoms with Crippen LogP contribution in [0.5, 0.6) is 0 Å². The van der Waals surface area contributed by atoms with Gasteiger partial charge in [0, 0.05) is 23.6 Å². The quantitative estimate of drug-likeness (QED) is 0.905. The van der Waals surface area contributed by atoms with Gasteiger partial charge in [-0.15, -0.1) is 0 Å². The number of hydrogen-bond acceptors (Lipinski definition) is 4. The Bertz CT molecular complexity index is 483. The highest BCUT2D eigenvalue weighted by Gasteiger charge is 2.04. The van der Waals surface area contributed by atoms with Crippen molar-refractivity contribution in [3.63, 3.8) is 0 Å². The van der Waals surface area contributed by atoms with Crippen LogP contribution in [0.3, 0.4) is 0 Å². The SMILES string of the molecule is CCC(C)N.Cc1nc(-c2cccc(Cl)c2)no1. The number of hydrogen-bond donors (Lipinski definition) is 1. The molecule has 0 bridgehead atoms. The molecule has 0 aliphatic rings. The number of halogens is 1. The summed E-state index contributed by atoms with van der Waals surface area (Å²) in [4.78, 5) is 4.09. The summed E-state index contributed by atoms with van der Waals surface area (Å²) in [5.41, 5.74) is 6.16. The van der Waals surface area contributed by atoms with Crippen LogP contribution in [0, 0.1) is 6.92 Å². The number of nitrogens with two attached hydrogens (primary N) is 1. The van der Waals surface area contributed by atoms with Crippen LogP contribution in [0.2, 0.25) is 5.02 Å². The van der Waals surface area contributed by atoms with Gasteiger partial charge >= 0.3 is 0 Å². The topological polar surface area (TPSA) is 64.9 Å². The Balaban J connectivity index is 0.000000280. The molecule has 2 N–H and O–H groups in total. The molecule has 1 aromatic carbocycles. The number of benzene rings is 1. The van der Waals surface area contributed by atoms with E-state index in [1.54, 1.807) is 19.1 Å². The van der Waals surface area contributed by atoms with Crippen LogP contribution in [0.4, 0.5) is 0 Å². The van der Waals surface area contributed by atoms with Crippen LogP contribution in [0.15, 0.2) is 28.8 Å². The molecule has 5 heteroatoms. The first-order chi connectivity index (χ1) is 8.52. The van der Waals surface area contributed by atoms with Crippen LogP contribution >= 0.6 is 11.6 Å². The summed E-state index contributed by atoms with van der Waals surface area (Å²) in [5, 5.41) is 4.45. The highest BCUT2D eigenvalue weighted by molar-refractivity contribution is 6.30. The molecular weight excluding hydrogens is 250 g/mol. The summed E-state index contributed by atoms with van der Waals surface area (Å²) in [6.07, 6.45) is 1.08. The summed E-state index contributed by atoms with van der Waals surface area (Å²) in [6.45, 7) is 5.83. The lowest BCUT2D eigenvalue weighted by atomic mass is 10.2. The van der Waals surface area contributed by atoms with Crippen molar-refractivity contribution in [2.45, 2.75) is 33.2 Å². The molecule has 0 aliphatic heterocycles. The van der Waals surface area contributed by atoms with Gasteiger partial charge in [-0.05, 0) is 25.5 Å². The first-order valence-corrected chi connectivity index (χ1v) is 6.22. The van der Waals surface area contributed by atoms with Gasteiger partial charge < -0.3 is 10.3 Å². The Morgan fingerprint density at radius 1 is 1.44 bits per heavy atom. The highest BCUT2D eigenvalue weighted by atomic mass is 35.5. The van der Waals surface area contributed by atoms with Crippen LogP contribution in [0.25, 0.3) is 11.4 Å². The lowest BCUT2D eigenvalue weighted by Crippen LogP contribution is -2.11. The first kappa shape index (κ1) is 14.7. The second kappa shape index (κ2) is 7.13. The molecule has 18 heavy (non-hydrogen) atoms. The monoisotopic (exact) mass is 267 g/mol. The van der Waals surface area contributed by atoms with Crippen molar-refractivity contribution in [3.8, 4) is 11.4 Å². The van der Waals surface area contributed by atoms with Gasteiger partial charge in [0.2, 0.25) is 11.7 Å². The van der Waals surface area contributed by atoms with Gasteiger partial charge in [-0.25, -0.2) is 0 Å². The molecule has 0 aliphatic carbocycles. The van der Waals surface area contributed by atoms with Gasteiger partial charge in [-0.1, -0.05) is 35.8 Å². The fourth-order valence-corrected chi connectivity index (χ4v) is 1.23. The van der Waals surface area contributed by atoms with E-state index in [1.165, 1.54) is 0 Å². The summed E-state index contributed by atoms with van der Waals surface area (Å²) >= 11 is 5.82. The molecule has 0 saturated heterocycles. The maximum atomic E-state index is 5.82. The molecule has 1 unspecified atom stereocenters. The number of rotatable bonds is 2. The Labute approximate surface area is 112 Å². The number of aryl methyl sites for hydroxylation is 1. The molecule has 98 valence electrons. The van der Waals surface area contributed by atoms with Gasteiger partial charge in [-0.2, -0.15) is 4.98 Å². The lowest BCUT2D eigenvalue weighted by Gasteiger charge is -1.93. The average Bonchev–Trinajstić information content (AvgIpc) is 2.77. The average molecular weight is 268 g/mol. The second-order valence-corrected chi connectivity index (χ2v) is 4.47. The van der Waals surface area contributed by atoms with E-state index in [1.807, 2.05) is 19.1 Å². The van der Waals surface area contributed by atoms with E-state index in [0.29, 0.717) is 22.8 Å². The minimum Gasteiger partial charge on any atom is -0.339 e. The summed E-state index contributed by atoms with van der Waals surface area (Å²) in [6, 6.07) is 7.72. The van der Waals surface area contributed by atoms with E-state index < -0.39 is 0 Å². The Kier molecular flexibility index (Phi) is 5.82. The molecule has 1 aromatic heterocycles. The molecule has 0 radical (unpaired) electrons. The van der Waals surface area contributed by atoms with Crippen LogP contribution in [-0.4, -0.2) is 16.2 Å². The Morgan fingerprint density at radius 2 is 2.11 bits per heavy atom. The number of nitrogens with zero attached hydrogens (tertiary/aromatic N) is 2. The van der Waals surface area contributed by atoms with Crippen molar-refractivity contribution in [1.29, 1.82) is 0 Å². The molecule has 0 saturated carbocycles. The van der Waals surface area contributed by atoms with Crippen LogP contribution in [0.1, 0.15) is 26.2 Å². The molecule has 4 nitrogen and oxygen atoms in total.